The molecule has 20 heteroatoms. The lowest BCUT2D eigenvalue weighted by Gasteiger charge is -2.19. The van der Waals surface area contributed by atoms with Crippen LogP contribution in [-0.4, -0.2) is 58.4 Å². The molecule has 0 saturated heterocycles. The Morgan fingerprint density at radius 2 is 1.20 bits per heavy atom. The first-order valence-electron chi connectivity index (χ1n) is 21.4. The largest absolute Gasteiger partial charge is 0.495 e. The van der Waals surface area contributed by atoms with Gasteiger partial charge < -0.3 is 33.6 Å². The summed E-state index contributed by atoms with van der Waals surface area (Å²) in [5, 5.41) is 9.69. The highest BCUT2D eigenvalue weighted by Gasteiger charge is 2.23. The van der Waals surface area contributed by atoms with Crippen LogP contribution in [0.3, 0.4) is 0 Å². The molecule has 0 bridgehead atoms. The van der Waals surface area contributed by atoms with Gasteiger partial charge in [0, 0.05) is 41.5 Å². The number of hydrazone groups is 1. The van der Waals surface area contributed by atoms with Gasteiger partial charge in [0.05, 0.1) is 67.3 Å². The van der Waals surface area contributed by atoms with Gasteiger partial charge in [-0.1, -0.05) is 43.8 Å². The monoisotopic (exact) mass is 1040 g/mol. The summed E-state index contributed by atoms with van der Waals surface area (Å²) in [7, 11) is 3.23. The number of fused-ring (bicyclic) bond motifs is 1. The second kappa shape index (κ2) is 23.2. The Morgan fingerprint density at radius 3 is 1.70 bits per heavy atom. The van der Waals surface area contributed by atoms with Crippen molar-refractivity contribution in [1.29, 1.82) is 0 Å². The van der Waals surface area contributed by atoms with Gasteiger partial charge in [0.2, 0.25) is 0 Å². The number of aromatic nitrogens is 8. The molecular weight excluding hydrogens is 992 g/mol. The molecule has 4 aromatic carbocycles. The van der Waals surface area contributed by atoms with Gasteiger partial charge in [-0.25, -0.2) is 18.7 Å². The SMILES string of the molecule is C.COc1cc(-c2nnc3n(C(C)c4ccc(F)cc4)cccc2-3)ccc1-n1cnc(C)c1.COc1cc(C(=NN)c2cccn(C(C)c3ccc(F)cc3)c2=O)ccc1-n1cnc(C)c1.O=P(Cl)(Cl)Cl. The summed E-state index contributed by atoms with van der Waals surface area (Å²) < 4.78 is 54.8. The lowest BCUT2D eigenvalue weighted by Crippen LogP contribution is -2.29. The molecule has 2 aliphatic rings. The molecule has 0 amide bonds. The predicted octanol–water partition coefficient (Wildman–Crippen LogP) is 12.6. The molecule has 0 radical (unpaired) electrons. The second-order valence-electron chi connectivity index (χ2n) is 15.8. The molecule has 0 spiro atoms. The molecule has 7 aromatic rings. The Labute approximate surface area is 424 Å². The lowest BCUT2D eigenvalue weighted by atomic mass is 10.0. The summed E-state index contributed by atoms with van der Waals surface area (Å²) >= 11 is 13.8. The number of halogens is 5. The van der Waals surface area contributed by atoms with E-state index in [9.17, 15) is 18.1 Å². The summed E-state index contributed by atoms with van der Waals surface area (Å²) in [6.45, 7) is 7.80. The highest BCUT2D eigenvalue weighted by molar-refractivity contribution is 8.24. The second-order valence-corrected chi connectivity index (χ2v) is 22.4. The Morgan fingerprint density at radius 1 is 0.704 bits per heavy atom. The zero-order chi connectivity index (χ0) is 50.3. The zero-order valence-electron chi connectivity index (χ0n) is 38.6. The standard InChI is InChI=1S/C25H24FN5O2.C25H22FN5O.CH4.Cl3OP/c1-16-14-30(15-28-16)22-11-8-19(13-23(22)33-3)24(29-27)21-5-4-12-31(25(21)32)17(2)18-6-9-20(26)10-7-18;1-16-14-30(15-27-16)22-11-8-19(13-23(22)32-3)24-21-5-4-12-31(25(21)29-28-24)17(2)18-6-9-20(26)10-7-18;;1-5(2,3)4/h4-15,17H,27H2,1-3H3;4-15,17H,1-3H3;1H4;. The van der Waals surface area contributed by atoms with E-state index in [-0.39, 0.29) is 36.7 Å². The van der Waals surface area contributed by atoms with Gasteiger partial charge in [0.1, 0.15) is 34.5 Å². The van der Waals surface area contributed by atoms with Gasteiger partial charge in [-0.3, -0.25) is 9.36 Å². The van der Waals surface area contributed by atoms with Crippen molar-refractivity contribution in [3.05, 3.63) is 202 Å². The topological polar surface area (TPSA) is 162 Å². The molecule has 2 N–H and O–H groups in total. The van der Waals surface area contributed by atoms with Crippen molar-refractivity contribution in [3.8, 4) is 45.5 Å². The summed E-state index contributed by atoms with van der Waals surface area (Å²) in [4.78, 5) is 21.9. The molecule has 3 aromatic heterocycles. The summed E-state index contributed by atoms with van der Waals surface area (Å²) in [5.74, 6) is 7.25. The maximum atomic E-state index is 13.4. The predicted molar refractivity (Wildman–Crippen MR) is 278 cm³/mol. The van der Waals surface area contributed by atoms with E-state index in [1.165, 1.54) is 24.3 Å². The van der Waals surface area contributed by atoms with Crippen LogP contribution in [0.4, 0.5) is 8.78 Å². The number of benzene rings is 4. The maximum Gasteiger partial charge on any atom is 0.339 e. The van der Waals surface area contributed by atoms with Crippen LogP contribution in [0.5, 0.6) is 11.5 Å². The fourth-order valence-electron chi connectivity index (χ4n) is 7.76. The average Bonchev–Trinajstić information content (AvgIpc) is 4.11. The Hall–Kier alpha value is -7.10. The van der Waals surface area contributed by atoms with Gasteiger partial charge in [-0.2, -0.15) is 5.10 Å². The Balaban J connectivity index is 0.000000210. The minimum Gasteiger partial charge on any atom is -0.495 e. The molecule has 9 rings (SSSR count). The van der Waals surface area contributed by atoms with Crippen LogP contribution in [0.25, 0.3) is 34.0 Å². The lowest BCUT2D eigenvalue weighted by molar-refractivity contribution is 0.412. The van der Waals surface area contributed by atoms with Crippen LogP contribution in [0, 0.1) is 25.5 Å². The van der Waals surface area contributed by atoms with E-state index in [0.717, 1.165) is 62.3 Å². The highest BCUT2D eigenvalue weighted by Crippen LogP contribution is 2.61. The Bertz CT molecular complexity index is 3340. The number of hydrogen-bond acceptors (Lipinski definition) is 10. The molecule has 0 saturated carbocycles. The van der Waals surface area contributed by atoms with Crippen LogP contribution in [0.1, 0.15) is 67.0 Å². The van der Waals surface area contributed by atoms with Gasteiger partial charge in [0.15, 0.2) is 5.82 Å². The molecule has 2 unspecified atom stereocenters. The minimum absolute atomic E-state index is 0. The third-order valence-electron chi connectivity index (χ3n) is 11.3. The highest BCUT2D eigenvalue weighted by atomic mass is 36.0. The molecule has 368 valence electrons. The van der Waals surface area contributed by atoms with Gasteiger partial charge >= 0.3 is 5.20 Å². The number of nitrogens with zero attached hydrogens (tertiary/aromatic N) is 9. The molecule has 14 nitrogen and oxygen atoms in total. The van der Waals surface area contributed by atoms with Crippen molar-refractivity contribution in [2.45, 2.75) is 47.2 Å². The summed E-state index contributed by atoms with van der Waals surface area (Å²) in [6.07, 6.45) is 11.0. The maximum absolute atomic E-state index is 13.4. The van der Waals surface area contributed by atoms with E-state index in [4.69, 9.17) is 15.3 Å². The number of methoxy groups -OCH3 is 2. The molecule has 0 aliphatic carbocycles. The van der Waals surface area contributed by atoms with Crippen molar-refractivity contribution < 1.29 is 22.8 Å². The first kappa shape index (κ1) is 53.3. The molecular formula is C51H50Cl3F2N10O4P. The van der Waals surface area contributed by atoms with Crippen molar-refractivity contribution in [2.75, 3.05) is 14.2 Å². The summed E-state index contributed by atoms with van der Waals surface area (Å²) in [5.41, 5.74) is 9.03. The first-order chi connectivity index (χ1) is 33.5. The third-order valence-corrected chi connectivity index (χ3v) is 11.3. The van der Waals surface area contributed by atoms with Crippen LogP contribution in [0.15, 0.2) is 157 Å². The normalized spacial score (nSPS) is 12.2. The van der Waals surface area contributed by atoms with E-state index in [0.29, 0.717) is 22.6 Å². The molecule has 2 atom stereocenters. The number of hydrogen-bond donors (Lipinski definition) is 1. The van der Waals surface area contributed by atoms with Gasteiger partial charge in [-0.15, -0.1) is 10.2 Å². The van der Waals surface area contributed by atoms with Crippen molar-refractivity contribution >= 4 is 44.6 Å². The van der Waals surface area contributed by atoms with E-state index >= 15 is 0 Å². The smallest absolute Gasteiger partial charge is 0.339 e. The molecule has 5 heterocycles. The number of pyridine rings is 2. The van der Waals surface area contributed by atoms with Crippen molar-refractivity contribution in [2.24, 2.45) is 10.9 Å². The number of nitrogens with two attached hydrogens (primary N) is 1. The van der Waals surface area contributed by atoms with Crippen LogP contribution in [0.2, 0.25) is 0 Å². The molecule has 0 fully saturated rings. The van der Waals surface area contributed by atoms with Gasteiger partial charge in [0.25, 0.3) is 5.56 Å². The van der Waals surface area contributed by atoms with E-state index in [1.807, 2.05) is 91.0 Å². The van der Waals surface area contributed by atoms with E-state index in [1.54, 1.807) is 80.1 Å². The van der Waals surface area contributed by atoms with Crippen molar-refractivity contribution in [1.82, 2.24) is 38.4 Å². The minimum atomic E-state index is -3.22. The van der Waals surface area contributed by atoms with E-state index in [2.05, 4.69) is 70.5 Å². The first-order valence-corrected chi connectivity index (χ1v) is 25.8. The van der Waals surface area contributed by atoms with E-state index < -0.39 is 5.20 Å². The average molecular weight is 1040 g/mol. The fourth-order valence-corrected chi connectivity index (χ4v) is 7.76. The number of imidazole rings is 2. The zero-order valence-corrected chi connectivity index (χ0v) is 41.7. The van der Waals surface area contributed by atoms with Gasteiger partial charge in [-0.05, 0) is 145 Å². The van der Waals surface area contributed by atoms with Crippen LogP contribution in [-0.2, 0) is 4.57 Å². The number of rotatable bonds is 11. The quantitative estimate of drug-likeness (QED) is 0.0575. The third kappa shape index (κ3) is 12.6. The van der Waals surface area contributed by atoms with Crippen LogP contribution < -0.4 is 20.9 Å². The fraction of sp³-hybridized carbons (Fsp3) is 0.176. The molecule has 71 heavy (non-hydrogen) atoms. The number of aryl methyl sites for hydroxylation is 2. The van der Waals surface area contributed by atoms with Crippen LogP contribution >= 0.6 is 38.9 Å². The summed E-state index contributed by atoms with van der Waals surface area (Å²) in [6, 6.07) is 31.2. The number of ether oxygens (including phenoxy) is 2. The van der Waals surface area contributed by atoms with Crippen molar-refractivity contribution in [3.63, 3.8) is 0 Å². The molecule has 2 aliphatic heterocycles. The Kier molecular flexibility index (Phi) is 17.4.